The Morgan fingerprint density at radius 1 is 1.46 bits per heavy atom. The molecule has 0 bridgehead atoms. The fraction of sp³-hybridized carbons (Fsp3) is 0.889. The summed E-state index contributed by atoms with van der Waals surface area (Å²) in [5.74, 6) is 0.538. The van der Waals surface area contributed by atoms with Crippen molar-refractivity contribution in [1.29, 1.82) is 0 Å². The lowest BCUT2D eigenvalue weighted by molar-refractivity contribution is -0.138. The first-order valence-corrected chi connectivity index (χ1v) is 4.77. The summed E-state index contributed by atoms with van der Waals surface area (Å²) in [6.45, 7) is 3.70. The van der Waals surface area contributed by atoms with Crippen molar-refractivity contribution in [3.63, 3.8) is 0 Å². The molecule has 0 radical (unpaired) electrons. The Balaban J connectivity index is 1.86. The predicted molar refractivity (Wildman–Crippen MR) is 46.5 cm³/mol. The van der Waals surface area contributed by atoms with E-state index in [9.17, 15) is 4.79 Å². The molecule has 2 heterocycles. The third kappa shape index (κ3) is 2.00. The molecule has 0 aromatic heterocycles. The van der Waals surface area contributed by atoms with E-state index in [1.54, 1.807) is 0 Å². The first-order valence-electron chi connectivity index (χ1n) is 4.77. The van der Waals surface area contributed by atoms with E-state index in [1.807, 2.05) is 4.90 Å². The smallest absolute Gasteiger partial charge is 0.317 e. The molecule has 0 aromatic carbocycles. The Kier molecular flexibility index (Phi) is 2.51. The van der Waals surface area contributed by atoms with Gasteiger partial charge < -0.3 is 9.84 Å². The molecular formula is C9H15NO3. The van der Waals surface area contributed by atoms with Crippen LogP contribution >= 0.6 is 0 Å². The van der Waals surface area contributed by atoms with Crippen LogP contribution in [0.3, 0.4) is 0 Å². The summed E-state index contributed by atoms with van der Waals surface area (Å²) in [6.07, 6.45) is 1.10. The van der Waals surface area contributed by atoms with E-state index in [1.165, 1.54) is 0 Å². The van der Waals surface area contributed by atoms with Crippen LogP contribution in [-0.2, 0) is 9.53 Å². The second-order valence-corrected chi connectivity index (χ2v) is 3.98. The van der Waals surface area contributed by atoms with Gasteiger partial charge in [0.15, 0.2) is 0 Å². The maximum atomic E-state index is 10.5. The third-order valence-electron chi connectivity index (χ3n) is 3.00. The maximum Gasteiger partial charge on any atom is 0.317 e. The number of nitrogens with zero attached hydrogens (tertiary/aromatic N) is 1. The molecular weight excluding hydrogens is 170 g/mol. The second-order valence-electron chi connectivity index (χ2n) is 3.98. The van der Waals surface area contributed by atoms with Gasteiger partial charge >= 0.3 is 5.97 Å². The molecule has 2 aliphatic heterocycles. The van der Waals surface area contributed by atoms with Crippen LogP contribution in [0.25, 0.3) is 0 Å². The van der Waals surface area contributed by atoms with Gasteiger partial charge in [-0.2, -0.15) is 0 Å². The molecule has 0 unspecified atom stereocenters. The topological polar surface area (TPSA) is 49.8 Å². The van der Waals surface area contributed by atoms with Gasteiger partial charge in [-0.25, -0.2) is 0 Å². The molecule has 74 valence electrons. The fourth-order valence-electron chi connectivity index (χ4n) is 2.27. The Morgan fingerprint density at radius 3 is 3.00 bits per heavy atom. The van der Waals surface area contributed by atoms with E-state index in [4.69, 9.17) is 9.84 Å². The highest BCUT2D eigenvalue weighted by atomic mass is 16.5. The number of hydrogen-bond acceptors (Lipinski definition) is 3. The largest absolute Gasteiger partial charge is 0.480 e. The van der Waals surface area contributed by atoms with Gasteiger partial charge in [-0.05, 0) is 18.9 Å². The van der Waals surface area contributed by atoms with Gasteiger partial charge in [0, 0.05) is 19.1 Å². The van der Waals surface area contributed by atoms with Gasteiger partial charge in [-0.15, -0.1) is 0 Å². The molecule has 0 amide bonds. The zero-order valence-electron chi connectivity index (χ0n) is 7.61. The van der Waals surface area contributed by atoms with Crippen molar-refractivity contribution in [3.05, 3.63) is 0 Å². The van der Waals surface area contributed by atoms with Crippen molar-refractivity contribution in [1.82, 2.24) is 4.90 Å². The van der Waals surface area contributed by atoms with Crippen LogP contribution in [0.4, 0.5) is 0 Å². The van der Waals surface area contributed by atoms with E-state index in [2.05, 4.69) is 0 Å². The van der Waals surface area contributed by atoms with Crippen LogP contribution in [0.15, 0.2) is 0 Å². The van der Waals surface area contributed by atoms with Crippen LogP contribution in [-0.4, -0.2) is 48.8 Å². The first kappa shape index (κ1) is 8.97. The molecule has 0 aromatic rings. The Labute approximate surface area is 77.5 Å². The molecule has 2 aliphatic rings. The Hall–Kier alpha value is -0.610. The van der Waals surface area contributed by atoms with Gasteiger partial charge in [0.1, 0.15) is 0 Å². The van der Waals surface area contributed by atoms with E-state index >= 15 is 0 Å². The van der Waals surface area contributed by atoms with Crippen molar-refractivity contribution >= 4 is 5.97 Å². The van der Waals surface area contributed by atoms with Gasteiger partial charge in [0.05, 0.1) is 13.2 Å². The monoisotopic (exact) mass is 185 g/mol. The summed E-state index contributed by atoms with van der Waals surface area (Å²) in [7, 11) is 0. The number of piperidine rings is 1. The van der Waals surface area contributed by atoms with Gasteiger partial charge in [0.25, 0.3) is 0 Å². The molecule has 2 fully saturated rings. The lowest BCUT2D eigenvalue weighted by Gasteiger charge is -2.32. The van der Waals surface area contributed by atoms with Crippen LogP contribution in [0.2, 0.25) is 0 Å². The van der Waals surface area contributed by atoms with Crippen LogP contribution in [0.5, 0.6) is 0 Å². The quantitative estimate of drug-likeness (QED) is 0.660. The molecule has 1 N–H and O–H groups in total. The summed E-state index contributed by atoms with van der Waals surface area (Å²) in [5, 5.41) is 8.63. The molecule has 4 nitrogen and oxygen atoms in total. The zero-order valence-corrected chi connectivity index (χ0v) is 7.61. The van der Waals surface area contributed by atoms with Gasteiger partial charge in [0.2, 0.25) is 0 Å². The number of ether oxygens (including phenoxy) is 1. The lowest BCUT2D eigenvalue weighted by atomic mass is 9.89. The van der Waals surface area contributed by atoms with Crippen LogP contribution in [0, 0.1) is 11.8 Å². The Bertz CT molecular complexity index is 207. The van der Waals surface area contributed by atoms with Crippen molar-refractivity contribution < 1.29 is 14.6 Å². The fourth-order valence-corrected chi connectivity index (χ4v) is 2.27. The minimum atomic E-state index is -0.725. The summed E-state index contributed by atoms with van der Waals surface area (Å²) in [5.41, 5.74) is 0. The zero-order chi connectivity index (χ0) is 9.26. The number of carbonyl (C=O) groups is 1. The summed E-state index contributed by atoms with van der Waals surface area (Å²) in [6, 6.07) is 0. The van der Waals surface area contributed by atoms with Crippen LogP contribution < -0.4 is 0 Å². The number of fused-ring (bicyclic) bond motifs is 1. The van der Waals surface area contributed by atoms with E-state index in [0.29, 0.717) is 11.8 Å². The number of carboxylic acids is 1. The third-order valence-corrected chi connectivity index (χ3v) is 3.00. The molecule has 2 atom stereocenters. The lowest BCUT2D eigenvalue weighted by Crippen LogP contribution is -2.42. The molecule has 13 heavy (non-hydrogen) atoms. The number of aliphatic carboxylic acids is 1. The van der Waals surface area contributed by atoms with E-state index in [-0.39, 0.29) is 6.54 Å². The number of rotatable bonds is 2. The summed E-state index contributed by atoms with van der Waals surface area (Å²) in [4.78, 5) is 12.5. The van der Waals surface area contributed by atoms with Crippen LogP contribution in [0.1, 0.15) is 6.42 Å². The first-order chi connectivity index (χ1) is 6.25. The predicted octanol–water partition coefficient (Wildman–Crippen LogP) is 0.0393. The van der Waals surface area contributed by atoms with Crippen molar-refractivity contribution in [2.75, 3.05) is 32.8 Å². The molecule has 4 heteroatoms. The molecule has 2 rings (SSSR count). The average Bonchev–Trinajstić information content (AvgIpc) is 2.49. The summed E-state index contributed by atoms with van der Waals surface area (Å²) < 4.78 is 5.37. The molecule has 0 saturated carbocycles. The SMILES string of the molecule is O=C(O)CN1CC[C@H]2COC[C@@H]2C1. The number of hydrogen-bond donors (Lipinski definition) is 1. The highest BCUT2D eigenvalue weighted by Crippen LogP contribution is 2.28. The van der Waals surface area contributed by atoms with Crippen molar-refractivity contribution in [3.8, 4) is 0 Å². The standard InChI is InChI=1S/C9H15NO3/c11-9(12)4-10-2-1-7-5-13-6-8(7)3-10/h7-8H,1-6H2,(H,11,12)/t7-,8-/m0/s1. The molecule has 2 saturated heterocycles. The number of likely N-dealkylation sites (tertiary alicyclic amines) is 1. The van der Waals surface area contributed by atoms with Gasteiger partial charge in [-0.3, -0.25) is 9.69 Å². The highest BCUT2D eigenvalue weighted by Gasteiger charge is 2.33. The maximum absolute atomic E-state index is 10.5. The number of carboxylic acid groups (broad SMARTS) is 1. The second kappa shape index (κ2) is 3.64. The highest BCUT2D eigenvalue weighted by molar-refractivity contribution is 5.69. The minimum absolute atomic E-state index is 0.184. The van der Waals surface area contributed by atoms with Crippen molar-refractivity contribution in [2.24, 2.45) is 11.8 Å². The van der Waals surface area contributed by atoms with E-state index in [0.717, 1.165) is 32.7 Å². The normalized spacial score (nSPS) is 34.5. The average molecular weight is 185 g/mol. The summed E-state index contributed by atoms with van der Waals surface area (Å²) >= 11 is 0. The Morgan fingerprint density at radius 2 is 2.23 bits per heavy atom. The molecule has 0 spiro atoms. The van der Waals surface area contributed by atoms with Crippen molar-refractivity contribution in [2.45, 2.75) is 6.42 Å². The minimum Gasteiger partial charge on any atom is -0.480 e. The molecule has 0 aliphatic carbocycles. The van der Waals surface area contributed by atoms with E-state index < -0.39 is 5.97 Å². The van der Waals surface area contributed by atoms with Gasteiger partial charge in [-0.1, -0.05) is 0 Å².